The third-order valence-electron chi connectivity index (χ3n) is 2.03. The third kappa shape index (κ3) is 4.08. The lowest BCUT2D eigenvalue weighted by Crippen LogP contribution is -2.42. The summed E-state index contributed by atoms with van der Waals surface area (Å²) in [5.74, 6) is -0.0761. The molecule has 0 radical (unpaired) electrons. The fourth-order valence-electron chi connectivity index (χ4n) is 1.07. The van der Waals surface area contributed by atoms with E-state index in [0.717, 1.165) is 7.05 Å². The monoisotopic (exact) mass is 284 g/mol. The molecule has 18 heavy (non-hydrogen) atoms. The van der Waals surface area contributed by atoms with Gasteiger partial charge in [0.2, 0.25) is 0 Å². The van der Waals surface area contributed by atoms with Crippen LogP contribution in [0.5, 0.6) is 5.75 Å². The van der Waals surface area contributed by atoms with E-state index in [1.54, 1.807) is 0 Å². The molecule has 1 aromatic carbocycles. The van der Waals surface area contributed by atoms with Crippen LogP contribution in [0.15, 0.2) is 24.3 Å². The molecule has 0 aliphatic carbocycles. The van der Waals surface area contributed by atoms with Gasteiger partial charge in [0.05, 0.1) is 5.69 Å². The average molecular weight is 284 g/mol. The number of halogens is 3. The highest BCUT2D eigenvalue weighted by molar-refractivity contribution is 7.90. The van der Waals surface area contributed by atoms with Crippen molar-refractivity contribution in [2.45, 2.75) is 6.18 Å². The molecule has 0 aliphatic rings. The van der Waals surface area contributed by atoms with E-state index in [0.29, 0.717) is 4.31 Å². The molecule has 102 valence electrons. The molecule has 0 amide bonds. The first-order chi connectivity index (χ1) is 8.12. The molecule has 0 aromatic heterocycles. The van der Waals surface area contributed by atoms with Crippen molar-refractivity contribution >= 4 is 15.9 Å². The summed E-state index contributed by atoms with van der Waals surface area (Å²) in [6, 6.07) is 4.99. The molecule has 0 saturated carbocycles. The topological polar surface area (TPSA) is 69.6 Å². The molecule has 2 N–H and O–H groups in total. The van der Waals surface area contributed by atoms with Crippen molar-refractivity contribution in [3.8, 4) is 5.75 Å². The summed E-state index contributed by atoms with van der Waals surface area (Å²) in [4.78, 5) is 0. The van der Waals surface area contributed by atoms with Gasteiger partial charge in [-0.2, -0.15) is 26.3 Å². The highest BCUT2D eigenvalue weighted by atomic mass is 32.2. The molecule has 0 unspecified atom stereocenters. The first-order valence-corrected chi connectivity index (χ1v) is 6.15. The summed E-state index contributed by atoms with van der Waals surface area (Å²) in [5, 5.41) is 9.02. The van der Waals surface area contributed by atoms with E-state index < -0.39 is 22.9 Å². The Hall–Kier alpha value is -1.48. The number of phenols is 1. The van der Waals surface area contributed by atoms with Crippen molar-refractivity contribution in [3.63, 3.8) is 0 Å². The molecular weight excluding hydrogens is 273 g/mol. The second kappa shape index (κ2) is 5.02. The van der Waals surface area contributed by atoms with E-state index in [2.05, 4.69) is 0 Å². The number of alkyl halides is 3. The van der Waals surface area contributed by atoms with Crippen molar-refractivity contribution in [2.24, 2.45) is 0 Å². The molecule has 1 aromatic rings. The zero-order valence-electron chi connectivity index (χ0n) is 9.27. The maximum Gasteiger partial charge on any atom is 0.402 e. The molecule has 0 bridgehead atoms. The minimum absolute atomic E-state index is 0.0761. The van der Waals surface area contributed by atoms with Crippen LogP contribution >= 0.6 is 0 Å². The third-order valence-corrected chi connectivity index (χ3v) is 3.47. The number of hydrogen-bond acceptors (Lipinski definition) is 3. The van der Waals surface area contributed by atoms with Crippen molar-refractivity contribution in [1.29, 1.82) is 0 Å². The number of aromatic hydroxyl groups is 1. The Morgan fingerprint density at radius 1 is 1.28 bits per heavy atom. The zero-order chi connectivity index (χ0) is 14.0. The van der Waals surface area contributed by atoms with E-state index in [1.165, 1.54) is 29.0 Å². The fourth-order valence-corrected chi connectivity index (χ4v) is 2.01. The lowest BCUT2D eigenvalue weighted by molar-refractivity contribution is -0.121. The molecule has 0 fully saturated rings. The number of hydrogen-bond donors (Lipinski definition) is 2. The summed E-state index contributed by atoms with van der Waals surface area (Å²) in [7, 11) is -3.18. The van der Waals surface area contributed by atoms with Crippen LogP contribution in [0.3, 0.4) is 0 Å². The van der Waals surface area contributed by atoms with Gasteiger partial charge in [0.15, 0.2) is 0 Å². The van der Waals surface area contributed by atoms with Crippen LogP contribution in [0.1, 0.15) is 0 Å². The maximum absolute atomic E-state index is 11.9. The minimum Gasteiger partial charge on any atom is -0.508 e. The van der Waals surface area contributed by atoms with E-state index in [1.807, 2.05) is 0 Å². The Bertz CT molecular complexity index is 499. The predicted molar refractivity (Wildman–Crippen MR) is 59.5 cm³/mol. The van der Waals surface area contributed by atoms with Gasteiger partial charge in [0.1, 0.15) is 12.3 Å². The van der Waals surface area contributed by atoms with Gasteiger partial charge in [-0.05, 0) is 24.3 Å². The van der Waals surface area contributed by atoms with Gasteiger partial charge in [-0.1, -0.05) is 0 Å². The van der Waals surface area contributed by atoms with E-state index in [9.17, 15) is 21.6 Å². The van der Waals surface area contributed by atoms with E-state index in [4.69, 9.17) is 5.11 Å². The Morgan fingerprint density at radius 2 is 1.78 bits per heavy atom. The van der Waals surface area contributed by atoms with Crippen LogP contribution in [-0.2, 0) is 10.2 Å². The Morgan fingerprint density at radius 3 is 2.22 bits per heavy atom. The SMILES string of the molecule is CN(c1ccc(O)cc1)S(=O)(=O)NCC(F)(F)F. The number of anilines is 1. The summed E-state index contributed by atoms with van der Waals surface area (Å²) in [6.45, 7) is -1.64. The summed E-state index contributed by atoms with van der Waals surface area (Å²) >= 11 is 0. The van der Waals surface area contributed by atoms with Crippen LogP contribution in [0, 0.1) is 0 Å². The van der Waals surface area contributed by atoms with E-state index in [-0.39, 0.29) is 11.4 Å². The minimum atomic E-state index is -4.62. The van der Waals surface area contributed by atoms with Gasteiger partial charge in [-0.3, -0.25) is 4.31 Å². The number of rotatable bonds is 4. The van der Waals surface area contributed by atoms with Crippen LogP contribution in [-0.4, -0.2) is 33.3 Å². The van der Waals surface area contributed by atoms with Gasteiger partial charge < -0.3 is 5.11 Å². The zero-order valence-corrected chi connectivity index (χ0v) is 10.1. The molecule has 0 saturated heterocycles. The molecule has 1 rings (SSSR count). The fraction of sp³-hybridized carbons (Fsp3) is 0.333. The lowest BCUT2D eigenvalue weighted by atomic mass is 10.3. The Kier molecular flexibility index (Phi) is 4.07. The normalized spacial score (nSPS) is 12.4. The summed E-state index contributed by atoms with van der Waals surface area (Å²) in [6.07, 6.45) is -4.62. The number of nitrogens with zero attached hydrogens (tertiary/aromatic N) is 1. The average Bonchev–Trinajstić information content (AvgIpc) is 2.26. The Balaban J connectivity index is 2.82. The number of phenolic OH excluding ortho intramolecular Hbond substituents is 1. The summed E-state index contributed by atoms with van der Waals surface area (Å²) in [5.41, 5.74) is 0.127. The Labute approximate surface area is 102 Å². The van der Waals surface area contributed by atoms with Gasteiger partial charge >= 0.3 is 16.4 Å². The van der Waals surface area contributed by atoms with Crippen molar-refractivity contribution in [2.75, 3.05) is 17.9 Å². The quantitative estimate of drug-likeness (QED) is 0.873. The van der Waals surface area contributed by atoms with Gasteiger partial charge in [-0.15, -0.1) is 0 Å². The smallest absolute Gasteiger partial charge is 0.402 e. The largest absolute Gasteiger partial charge is 0.508 e. The van der Waals surface area contributed by atoms with Crippen molar-refractivity contribution in [3.05, 3.63) is 24.3 Å². The van der Waals surface area contributed by atoms with Crippen LogP contribution < -0.4 is 9.03 Å². The maximum atomic E-state index is 11.9. The first kappa shape index (κ1) is 14.6. The summed E-state index contributed by atoms with van der Waals surface area (Å²) < 4.78 is 60.9. The van der Waals surface area contributed by atoms with Crippen LogP contribution in [0.4, 0.5) is 18.9 Å². The number of benzene rings is 1. The van der Waals surface area contributed by atoms with Gasteiger partial charge in [0.25, 0.3) is 0 Å². The molecule has 0 atom stereocenters. The van der Waals surface area contributed by atoms with E-state index >= 15 is 0 Å². The van der Waals surface area contributed by atoms with Crippen LogP contribution in [0.2, 0.25) is 0 Å². The van der Waals surface area contributed by atoms with Gasteiger partial charge in [-0.25, -0.2) is 0 Å². The molecule has 9 heteroatoms. The molecule has 0 heterocycles. The second-order valence-electron chi connectivity index (χ2n) is 3.43. The molecular formula is C9H11F3N2O3S. The second-order valence-corrected chi connectivity index (χ2v) is 5.21. The first-order valence-electron chi connectivity index (χ1n) is 4.71. The molecule has 5 nitrogen and oxygen atoms in total. The van der Waals surface area contributed by atoms with Crippen LogP contribution in [0.25, 0.3) is 0 Å². The lowest BCUT2D eigenvalue weighted by Gasteiger charge is -2.20. The molecule has 0 spiro atoms. The van der Waals surface area contributed by atoms with Gasteiger partial charge in [0, 0.05) is 7.05 Å². The predicted octanol–water partition coefficient (Wildman–Crippen LogP) is 1.23. The highest BCUT2D eigenvalue weighted by Gasteiger charge is 2.30. The van der Waals surface area contributed by atoms with Crippen molar-refractivity contribution in [1.82, 2.24) is 4.72 Å². The standard InChI is InChI=1S/C9H11F3N2O3S/c1-14(7-2-4-8(15)5-3-7)18(16,17)13-6-9(10,11)12/h2-5,13,15H,6H2,1H3. The van der Waals surface area contributed by atoms with Crippen molar-refractivity contribution < 1.29 is 26.7 Å². The molecule has 0 aliphatic heterocycles. The highest BCUT2D eigenvalue weighted by Crippen LogP contribution is 2.20. The number of nitrogens with one attached hydrogen (secondary N) is 1.